The average molecular weight is 703 g/mol. The van der Waals surface area contributed by atoms with Crippen LogP contribution in [0.15, 0.2) is 76.6 Å². The van der Waals surface area contributed by atoms with Gasteiger partial charge in [-0.15, -0.1) is 0 Å². The molecule has 1 N–H and O–H groups in total. The first-order chi connectivity index (χ1) is 21.6. The van der Waals surface area contributed by atoms with E-state index < -0.39 is 45.6 Å². The Bertz CT molecular complexity index is 1910. The zero-order chi connectivity index (χ0) is 32.0. The summed E-state index contributed by atoms with van der Waals surface area (Å²) in [4.78, 5) is 67.9. The highest BCUT2D eigenvalue weighted by Gasteiger charge is 2.57. The SMILES string of the molecule is CCOC(=O)c1ccc(N2C(=O)C3Sc4c(sc(=O)n4CC(=O)Nc4ccc(Cl)cc4)C(c4cccc(Cl)c4Cl)C3C2=O)cc1. The molecular formula is C31H22Cl3N3O6S2. The molecule has 230 valence electrons. The number of ether oxygens (including phenoxy) is 1. The van der Waals surface area contributed by atoms with Gasteiger partial charge >= 0.3 is 10.8 Å². The molecular weight excluding hydrogens is 681 g/mol. The van der Waals surface area contributed by atoms with Crippen molar-refractivity contribution in [2.45, 2.75) is 29.7 Å². The van der Waals surface area contributed by atoms with E-state index in [0.717, 1.165) is 28.0 Å². The van der Waals surface area contributed by atoms with Crippen LogP contribution in [0.3, 0.4) is 0 Å². The molecule has 14 heteroatoms. The van der Waals surface area contributed by atoms with Crippen LogP contribution >= 0.6 is 57.9 Å². The molecule has 0 bridgehead atoms. The van der Waals surface area contributed by atoms with Gasteiger partial charge in [-0.1, -0.05) is 70.0 Å². The van der Waals surface area contributed by atoms with E-state index in [4.69, 9.17) is 39.5 Å². The van der Waals surface area contributed by atoms with Crippen LogP contribution < -0.4 is 15.1 Å². The standard InChI is InChI=1S/C31H22Cl3N3O6S2/c1-2-43-30(41)15-6-12-18(13-7-15)37-27(39)23-22(19-4-3-5-20(33)24(19)34)26-29(44-25(23)28(37)40)36(31(42)45-26)14-21(38)35-17-10-8-16(32)9-11-17/h3-13,22-23,25H,2,14H2,1H3,(H,35,38). The Balaban J connectivity index is 1.39. The molecule has 3 atom stereocenters. The van der Waals surface area contributed by atoms with E-state index in [9.17, 15) is 24.0 Å². The van der Waals surface area contributed by atoms with Crippen LogP contribution in [0.1, 0.15) is 33.6 Å². The number of imide groups is 1. The summed E-state index contributed by atoms with van der Waals surface area (Å²) >= 11 is 21.0. The second kappa shape index (κ2) is 12.6. The lowest BCUT2D eigenvalue weighted by Crippen LogP contribution is -2.33. The smallest absolute Gasteiger partial charge is 0.338 e. The van der Waals surface area contributed by atoms with Crippen molar-refractivity contribution in [3.63, 3.8) is 0 Å². The molecule has 0 saturated carbocycles. The first-order valence-corrected chi connectivity index (χ1v) is 16.5. The molecule has 4 aromatic rings. The lowest BCUT2D eigenvalue weighted by atomic mass is 9.83. The van der Waals surface area contributed by atoms with Crippen LogP contribution in [-0.2, 0) is 25.7 Å². The molecule has 1 fully saturated rings. The molecule has 0 aliphatic carbocycles. The van der Waals surface area contributed by atoms with E-state index in [1.54, 1.807) is 49.4 Å². The van der Waals surface area contributed by atoms with Gasteiger partial charge in [0.15, 0.2) is 0 Å². The van der Waals surface area contributed by atoms with Crippen LogP contribution in [-0.4, -0.2) is 40.1 Å². The molecule has 1 saturated heterocycles. The van der Waals surface area contributed by atoms with Gasteiger partial charge < -0.3 is 10.1 Å². The zero-order valence-corrected chi connectivity index (χ0v) is 27.2. The van der Waals surface area contributed by atoms with Gasteiger partial charge in [0.1, 0.15) is 11.8 Å². The summed E-state index contributed by atoms with van der Waals surface area (Å²) < 4.78 is 6.35. The molecule has 3 unspecified atom stereocenters. The molecule has 3 aromatic carbocycles. The Kier molecular flexibility index (Phi) is 8.82. The minimum atomic E-state index is -0.936. The Morgan fingerprint density at radius 3 is 2.33 bits per heavy atom. The van der Waals surface area contributed by atoms with Crippen molar-refractivity contribution in [3.05, 3.63) is 107 Å². The van der Waals surface area contributed by atoms with Crippen molar-refractivity contribution in [2.24, 2.45) is 5.92 Å². The van der Waals surface area contributed by atoms with Crippen LogP contribution in [0.4, 0.5) is 11.4 Å². The summed E-state index contributed by atoms with van der Waals surface area (Å²) in [7, 11) is 0. The number of carbonyl (C=O) groups is 4. The van der Waals surface area contributed by atoms with Crippen LogP contribution in [0.2, 0.25) is 15.1 Å². The molecule has 1 aromatic heterocycles. The second-order valence-corrected chi connectivity index (χ2v) is 13.5. The molecule has 2 aliphatic rings. The minimum Gasteiger partial charge on any atom is -0.462 e. The van der Waals surface area contributed by atoms with Crippen molar-refractivity contribution in [2.75, 3.05) is 16.8 Å². The van der Waals surface area contributed by atoms with Crippen molar-refractivity contribution < 1.29 is 23.9 Å². The maximum atomic E-state index is 14.1. The fraction of sp³-hybridized carbons (Fsp3) is 0.194. The third-order valence-electron chi connectivity index (χ3n) is 7.43. The van der Waals surface area contributed by atoms with Gasteiger partial charge in [0.05, 0.1) is 38.8 Å². The molecule has 0 spiro atoms. The van der Waals surface area contributed by atoms with Gasteiger partial charge in [0.25, 0.3) is 0 Å². The highest BCUT2D eigenvalue weighted by Crippen LogP contribution is 2.55. The highest BCUT2D eigenvalue weighted by atomic mass is 35.5. The van der Waals surface area contributed by atoms with Crippen LogP contribution in [0, 0.1) is 5.92 Å². The number of nitrogens with zero attached hydrogens (tertiary/aromatic N) is 2. The van der Waals surface area contributed by atoms with E-state index in [0.29, 0.717) is 26.2 Å². The van der Waals surface area contributed by atoms with Gasteiger partial charge in [-0.25, -0.2) is 9.69 Å². The van der Waals surface area contributed by atoms with Gasteiger partial charge in [-0.3, -0.25) is 23.7 Å². The molecule has 3 amide bonds. The van der Waals surface area contributed by atoms with E-state index in [2.05, 4.69) is 5.32 Å². The van der Waals surface area contributed by atoms with Crippen LogP contribution in [0.25, 0.3) is 0 Å². The van der Waals surface area contributed by atoms with E-state index in [-0.39, 0.29) is 34.4 Å². The number of benzene rings is 3. The predicted octanol–water partition coefficient (Wildman–Crippen LogP) is 6.48. The number of aromatic nitrogens is 1. The number of thioether (sulfide) groups is 1. The van der Waals surface area contributed by atoms with Gasteiger partial charge in [0.2, 0.25) is 17.7 Å². The van der Waals surface area contributed by atoms with Crippen molar-refractivity contribution in [3.8, 4) is 0 Å². The molecule has 3 heterocycles. The van der Waals surface area contributed by atoms with E-state index in [1.807, 2.05) is 0 Å². The lowest BCUT2D eigenvalue weighted by Gasteiger charge is -2.31. The summed E-state index contributed by atoms with van der Waals surface area (Å²) in [5, 5.41) is 3.18. The normalized spacial score (nSPS) is 18.8. The number of hydrogen-bond acceptors (Lipinski definition) is 8. The molecule has 45 heavy (non-hydrogen) atoms. The molecule has 2 aliphatic heterocycles. The topological polar surface area (TPSA) is 115 Å². The maximum Gasteiger partial charge on any atom is 0.338 e. The maximum absolute atomic E-state index is 14.1. The highest BCUT2D eigenvalue weighted by molar-refractivity contribution is 8.00. The van der Waals surface area contributed by atoms with Crippen molar-refractivity contribution >= 4 is 93.0 Å². The van der Waals surface area contributed by atoms with Crippen LogP contribution in [0.5, 0.6) is 0 Å². The monoisotopic (exact) mass is 701 g/mol. The number of hydrogen-bond donors (Lipinski definition) is 1. The summed E-state index contributed by atoms with van der Waals surface area (Å²) in [6, 6.07) is 17.5. The van der Waals surface area contributed by atoms with E-state index in [1.165, 1.54) is 28.8 Å². The summed E-state index contributed by atoms with van der Waals surface area (Å²) in [5.74, 6) is -3.69. The largest absolute Gasteiger partial charge is 0.462 e. The molecule has 6 rings (SSSR count). The third-order valence-corrected chi connectivity index (χ3v) is 11.1. The molecule has 9 nitrogen and oxygen atoms in total. The minimum absolute atomic E-state index is 0.200. The predicted molar refractivity (Wildman–Crippen MR) is 175 cm³/mol. The Morgan fingerprint density at radius 2 is 1.64 bits per heavy atom. The van der Waals surface area contributed by atoms with Gasteiger partial charge in [-0.05, 0) is 67.1 Å². The summed E-state index contributed by atoms with van der Waals surface area (Å²) in [6.07, 6.45) is 0. The first-order valence-electron chi connectivity index (χ1n) is 13.6. The second-order valence-electron chi connectivity index (χ2n) is 10.1. The lowest BCUT2D eigenvalue weighted by molar-refractivity contribution is -0.122. The number of rotatable bonds is 7. The number of nitrogens with one attached hydrogen (secondary N) is 1. The average Bonchev–Trinajstić information content (AvgIpc) is 3.46. The number of esters is 1. The number of anilines is 2. The first kappa shape index (κ1) is 31.4. The van der Waals surface area contributed by atoms with Gasteiger partial charge in [-0.2, -0.15) is 0 Å². The van der Waals surface area contributed by atoms with E-state index >= 15 is 0 Å². The quantitative estimate of drug-likeness (QED) is 0.173. The van der Waals surface area contributed by atoms with Crippen molar-refractivity contribution in [1.29, 1.82) is 0 Å². The summed E-state index contributed by atoms with van der Waals surface area (Å²) in [5.41, 5.74) is 1.55. The number of thiazole rings is 1. The molecule has 0 radical (unpaired) electrons. The third kappa shape index (κ3) is 5.79. The Labute approximate surface area is 280 Å². The number of halogens is 3. The number of amides is 3. The Morgan fingerprint density at radius 1 is 0.933 bits per heavy atom. The zero-order valence-electron chi connectivity index (χ0n) is 23.3. The number of carbonyl (C=O) groups excluding carboxylic acids is 4. The van der Waals surface area contributed by atoms with Crippen molar-refractivity contribution in [1.82, 2.24) is 4.57 Å². The Hall–Kier alpha value is -3.61. The fourth-order valence-electron chi connectivity index (χ4n) is 5.44. The fourth-order valence-corrected chi connectivity index (χ4v) is 8.76. The van der Waals surface area contributed by atoms with Gasteiger partial charge in [0, 0.05) is 21.5 Å². The summed E-state index contributed by atoms with van der Waals surface area (Å²) in [6.45, 7) is 1.57. The number of fused-ring (bicyclic) bond motifs is 2.